The first-order valence-electron chi connectivity index (χ1n) is 19.5. The molecule has 3 aliphatic rings. The predicted octanol–water partition coefficient (Wildman–Crippen LogP) is -4.11. The van der Waals surface area contributed by atoms with Gasteiger partial charge in [-0.1, -0.05) is 20.3 Å². The molecule has 0 aliphatic carbocycles. The summed E-state index contributed by atoms with van der Waals surface area (Å²) >= 11 is 0. The number of carboxylic acid groups (broad SMARTS) is 1. The third kappa shape index (κ3) is 11.8. The normalized spacial score (nSPS) is 22.9. The van der Waals surface area contributed by atoms with Crippen LogP contribution >= 0.6 is 0 Å². The molecule has 0 saturated carbocycles. The number of hydrogen-bond donors (Lipinski definition) is 9. The number of nitrogens with one attached hydrogen (secondary N) is 5. The zero-order valence-corrected chi connectivity index (χ0v) is 33.2. The minimum atomic E-state index is -1.51. The van der Waals surface area contributed by atoms with E-state index in [9.17, 15) is 53.4 Å². The van der Waals surface area contributed by atoms with Crippen molar-refractivity contribution in [2.45, 2.75) is 134 Å². The van der Waals surface area contributed by atoms with Gasteiger partial charge in [0, 0.05) is 19.6 Å². The molecule has 21 nitrogen and oxygen atoms in total. The molecule has 3 heterocycles. The number of aliphatic carboxylic acids is 1. The maximum atomic E-state index is 13.8. The van der Waals surface area contributed by atoms with E-state index >= 15 is 0 Å². The van der Waals surface area contributed by atoms with Gasteiger partial charge < -0.3 is 62.3 Å². The third-order valence-corrected chi connectivity index (χ3v) is 10.8. The van der Waals surface area contributed by atoms with Crippen LogP contribution in [0.15, 0.2) is 0 Å². The standard InChI is InChI=1S/C36H59N9O12/c1-6-18(2)28(33(54)38-16-26(48)49)42-31(52)24-11-7-13-43(24)34(55)19(3)39-29(50)22(17-46)41-30(51)23-10-8-14-44(23)36(57)25-12-9-15-45(25)35(56)20(4)40-32(53)27(37)21(5)47/h18-25,27-28,46-47H,6-17,37H2,1-5H3,(H,38,54)(H,39,50)(H,40,53)(H,41,51)(H,42,52)(H,48,49)/t18-,19-,20-,21+,22-,23-,24-,25-,27-,28-/m0/s1. The average Bonchev–Trinajstić information content (AvgIpc) is 3.98. The summed E-state index contributed by atoms with van der Waals surface area (Å²) in [6.45, 7) is 6.81. The lowest BCUT2D eigenvalue weighted by atomic mass is 9.97. The first-order valence-corrected chi connectivity index (χ1v) is 19.5. The first-order chi connectivity index (χ1) is 26.8. The SMILES string of the molecule is CC[C@H](C)[C@H](NC(=O)[C@@H]1CCCN1C(=O)[C@H](C)NC(=O)[C@H](CO)NC(=O)[C@@H]1CCCN1C(=O)[C@@H]1CCCN1C(=O)[C@H](C)NC(=O)[C@@H](N)[C@@H](C)O)C(=O)NCC(=O)O. The molecule has 0 spiro atoms. The Hall–Kier alpha value is -4.89. The second-order valence-corrected chi connectivity index (χ2v) is 15.0. The van der Waals surface area contributed by atoms with Crippen molar-refractivity contribution >= 4 is 53.2 Å². The highest BCUT2D eigenvalue weighted by Gasteiger charge is 2.44. The van der Waals surface area contributed by atoms with Gasteiger partial charge in [-0.05, 0) is 65.2 Å². The van der Waals surface area contributed by atoms with Gasteiger partial charge in [0.1, 0.15) is 54.9 Å². The van der Waals surface area contributed by atoms with Crippen molar-refractivity contribution in [3.63, 3.8) is 0 Å². The zero-order chi connectivity index (χ0) is 42.7. The Balaban J connectivity index is 1.61. The van der Waals surface area contributed by atoms with Crippen molar-refractivity contribution in [3.05, 3.63) is 0 Å². The van der Waals surface area contributed by atoms with Crippen LogP contribution in [0.4, 0.5) is 0 Å². The Labute approximate surface area is 331 Å². The lowest BCUT2D eigenvalue weighted by Gasteiger charge is -2.33. The Morgan fingerprint density at radius 2 is 1.16 bits per heavy atom. The van der Waals surface area contributed by atoms with Gasteiger partial charge in [0.15, 0.2) is 0 Å². The van der Waals surface area contributed by atoms with E-state index in [0.717, 1.165) is 0 Å². The monoisotopic (exact) mass is 809 g/mol. The van der Waals surface area contributed by atoms with Gasteiger partial charge in [-0.3, -0.25) is 43.2 Å². The molecule has 8 amide bonds. The Kier molecular flexibility index (Phi) is 17.2. The average molecular weight is 810 g/mol. The summed E-state index contributed by atoms with van der Waals surface area (Å²) in [6, 6.07) is -8.98. The van der Waals surface area contributed by atoms with Crippen LogP contribution < -0.4 is 32.3 Å². The topological polar surface area (TPSA) is 310 Å². The smallest absolute Gasteiger partial charge is 0.322 e. The number of aliphatic hydroxyl groups is 2. The van der Waals surface area contributed by atoms with Crippen molar-refractivity contribution in [2.24, 2.45) is 11.7 Å². The minimum Gasteiger partial charge on any atom is -0.480 e. The number of likely N-dealkylation sites (tertiary alicyclic amines) is 3. The van der Waals surface area contributed by atoms with E-state index in [0.29, 0.717) is 32.1 Å². The fourth-order valence-corrected chi connectivity index (χ4v) is 7.23. The van der Waals surface area contributed by atoms with Gasteiger partial charge >= 0.3 is 5.97 Å². The molecule has 0 aromatic heterocycles. The lowest BCUT2D eigenvalue weighted by Crippen LogP contribution is -2.60. The summed E-state index contributed by atoms with van der Waals surface area (Å²) in [7, 11) is 0. The van der Waals surface area contributed by atoms with Crippen molar-refractivity contribution in [3.8, 4) is 0 Å². The molecule has 0 aromatic rings. The van der Waals surface area contributed by atoms with E-state index in [1.54, 1.807) is 13.8 Å². The number of nitrogens with two attached hydrogens (primary N) is 1. The molecule has 21 heteroatoms. The number of carboxylic acids is 1. The summed E-state index contributed by atoms with van der Waals surface area (Å²) in [4.78, 5) is 121. The molecule has 10 N–H and O–H groups in total. The number of nitrogens with zero attached hydrogens (tertiary/aromatic N) is 3. The fraction of sp³-hybridized carbons (Fsp3) is 0.750. The van der Waals surface area contributed by atoms with Crippen molar-refractivity contribution in [2.75, 3.05) is 32.8 Å². The van der Waals surface area contributed by atoms with Crippen molar-refractivity contribution in [1.82, 2.24) is 41.3 Å². The number of carbonyl (C=O) groups is 9. The van der Waals surface area contributed by atoms with Crippen LogP contribution in [0, 0.1) is 5.92 Å². The number of rotatable bonds is 18. The molecule has 3 saturated heterocycles. The van der Waals surface area contributed by atoms with Gasteiger partial charge in [0.25, 0.3) is 0 Å². The predicted molar refractivity (Wildman–Crippen MR) is 200 cm³/mol. The van der Waals surface area contributed by atoms with Crippen LogP contribution in [-0.4, -0.2) is 170 Å². The third-order valence-electron chi connectivity index (χ3n) is 10.8. The maximum Gasteiger partial charge on any atom is 0.322 e. The van der Waals surface area contributed by atoms with Crippen LogP contribution in [-0.2, 0) is 43.2 Å². The number of carbonyl (C=O) groups excluding carboxylic acids is 8. The first kappa shape index (κ1) is 46.5. The Morgan fingerprint density at radius 1 is 0.684 bits per heavy atom. The molecule has 0 aromatic carbocycles. The molecule has 57 heavy (non-hydrogen) atoms. The minimum absolute atomic E-state index is 0.177. The zero-order valence-electron chi connectivity index (χ0n) is 33.2. The van der Waals surface area contributed by atoms with Gasteiger partial charge in [0.2, 0.25) is 47.3 Å². The molecule has 3 fully saturated rings. The lowest BCUT2D eigenvalue weighted by molar-refractivity contribution is -0.148. The highest BCUT2D eigenvalue weighted by molar-refractivity contribution is 5.98. The van der Waals surface area contributed by atoms with Gasteiger partial charge in [0.05, 0.1) is 12.7 Å². The summed E-state index contributed by atoms with van der Waals surface area (Å²) < 4.78 is 0. The van der Waals surface area contributed by atoms with E-state index in [1.165, 1.54) is 35.5 Å². The maximum absolute atomic E-state index is 13.8. The molecule has 3 rings (SSSR count). The summed E-state index contributed by atoms with van der Waals surface area (Å²) in [5.41, 5.74) is 5.67. The number of aliphatic hydroxyl groups excluding tert-OH is 2. The van der Waals surface area contributed by atoms with Crippen LogP contribution in [0.1, 0.15) is 79.6 Å². The second-order valence-electron chi connectivity index (χ2n) is 15.0. The molecular formula is C36H59N9O12. The summed E-state index contributed by atoms with van der Waals surface area (Å²) in [5.74, 6) is -6.89. The van der Waals surface area contributed by atoms with Gasteiger partial charge in [-0.25, -0.2) is 0 Å². The molecule has 0 radical (unpaired) electrons. The highest BCUT2D eigenvalue weighted by atomic mass is 16.4. The largest absolute Gasteiger partial charge is 0.480 e. The van der Waals surface area contributed by atoms with Gasteiger partial charge in [-0.15, -0.1) is 0 Å². The van der Waals surface area contributed by atoms with E-state index < -0.39 is 121 Å². The Morgan fingerprint density at radius 3 is 1.67 bits per heavy atom. The second kappa shape index (κ2) is 21.0. The molecule has 0 unspecified atom stereocenters. The summed E-state index contributed by atoms with van der Waals surface area (Å²) in [6.07, 6.45) is 1.58. The molecule has 10 atom stereocenters. The molecule has 320 valence electrons. The molecular weight excluding hydrogens is 750 g/mol. The van der Waals surface area contributed by atoms with E-state index in [4.69, 9.17) is 10.8 Å². The highest BCUT2D eigenvalue weighted by Crippen LogP contribution is 2.26. The van der Waals surface area contributed by atoms with Crippen molar-refractivity contribution < 1.29 is 58.5 Å². The van der Waals surface area contributed by atoms with E-state index in [-0.39, 0.29) is 38.4 Å². The quantitative estimate of drug-likeness (QED) is 0.0637. The van der Waals surface area contributed by atoms with Crippen LogP contribution in [0.25, 0.3) is 0 Å². The Bertz CT molecular complexity index is 1530. The molecule has 0 bridgehead atoms. The van der Waals surface area contributed by atoms with Crippen LogP contribution in [0.3, 0.4) is 0 Å². The number of amides is 8. The number of hydrogen-bond acceptors (Lipinski definition) is 12. The van der Waals surface area contributed by atoms with E-state index in [1.807, 2.05) is 0 Å². The fourth-order valence-electron chi connectivity index (χ4n) is 7.23. The van der Waals surface area contributed by atoms with Crippen LogP contribution in [0.2, 0.25) is 0 Å². The van der Waals surface area contributed by atoms with Crippen LogP contribution in [0.5, 0.6) is 0 Å². The van der Waals surface area contributed by atoms with E-state index in [2.05, 4.69) is 26.6 Å². The van der Waals surface area contributed by atoms with Gasteiger partial charge in [-0.2, -0.15) is 0 Å². The van der Waals surface area contributed by atoms with Crippen molar-refractivity contribution in [1.29, 1.82) is 0 Å². The summed E-state index contributed by atoms with van der Waals surface area (Å²) in [5, 5.41) is 41.0. The molecule has 3 aliphatic heterocycles.